The van der Waals surface area contributed by atoms with Crippen LogP contribution in [0.15, 0.2) is 18.2 Å². The molecule has 0 aliphatic heterocycles. The Balaban J connectivity index is 2.40. The van der Waals surface area contributed by atoms with E-state index in [4.69, 9.17) is 11.6 Å². The summed E-state index contributed by atoms with van der Waals surface area (Å²) in [5.41, 5.74) is 0.824. The van der Waals surface area contributed by atoms with Gasteiger partial charge in [-0.25, -0.2) is 4.39 Å². The topological polar surface area (TPSA) is 20.2 Å². The van der Waals surface area contributed by atoms with Crippen LogP contribution in [-0.4, -0.2) is 11.2 Å². The first kappa shape index (κ1) is 13.5. The Hall–Kier alpha value is -0.600. The number of aliphatic hydroxyl groups is 1. The molecule has 3 heteroatoms. The normalized spacial score (nSPS) is 12.8. The fourth-order valence-corrected chi connectivity index (χ4v) is 1.97. The zero-order valence-electron chi connectivity index (χ0n) is 9.55. The number of hydrogen-bond acceptors (Lipinski definition) is 1. The van der Waals surface area contributed by atoms with Crippen molar-refractivity contribution in [1.82, 2.24) is 0 Å². The minimum absolute atomic E-state index is 0.215. The van der Waals surface area contributed by atoms with E-state index < -0.39 is 0 Å². The van der Waals surface area contributed by atoms with Crippen molar-refractivity contribution >= 4 is 11.6 Å². The van der Waals surface area contributed by atoms with Crippen molar-refractivity contribution in [3.05, 3.63) is 34.6 Å². The smallest absolute Gasteiger partial charge is 0.142 e. The Morgan fingerprint density at radius 3 is 2.81 bits per heavy atom. The summed E-state index contributed by atoms with van der Waals surface area (Å²) in [7, 11) is 0. The molecule has 1 aromatic carbocycles. The first-order valence-corrected chi connectivity index (χ1v) is 6.14. The molecule has 1 aromatic rings. The summed E-state index contributed by atoms with van der Waals surface area (Å²) in [5, 5.41) is 9.76. The molecule has 1 unspecified atom stereocenters. The van der Waals surface area contributed by atoms with Gasteiger partial charge in [-0.2, -0.15) is 0 Å². The fraction of sp³-hybridized carbons (Fsp3) is 0.538. The van der Waals surface area contributed by atoms with Crippen molar-refractivity contribution in [2.75, 3.05) is 0 Å². The van der Waals surface area contributed by atoms with Gasteiger partial charge >= 0.3 is 0 Å². The highest BCUT2D eigenvalue weighted by atomic mass is 35.5. The van der Waals surface area contributed by atoms with Crippen LogP contribution in [0.5, 0.6) is 0 Å². The van der Waals surface area contributed by atoms with Gasteiger partial charge in [0.2, 0.25) is 0 Å². The van der Waals surface area contributed by atoms with E-state index in [0.717, 1.165) is 37.7 Å². The first-order valence-electron chi connectivity index (χ1n) is 5.76. The van der Waals surface area contributed by atoms with Gasteiger partial charge in [-0.05, 0) is 37.3 Å². The third-order valence-electron chi connectivity index (χ3n) is 2.64. The van der Waals surface area contributed by atoms with Crippen molar-refractivity contribution in [2.45, 2.75) is 45.1 Å². The molecule has 1 atom stereocenters. The van der Waals surface area contributed by atoms with Gasteiger partial charge < -0.3 is 5.11 Å². The van der Waals surface area contributed by atoms with Crippen LogP contribution >= 0.6 is 11.6 Å². The van der Waals surface area contributed by atoms with E-state index in [1.54, 1.807) is 6.07 Å². The van der Waals surface area contributed by atoms with Gasteiger partial charge in [-0.15, -0.1) is 0 Å². The average Bonchev–Trinajstić information content (AvgIpc) is 2.25. The second-order valence-electron chi connectivity index (χ2n) is 4.05. The Labute approximate surface area is 101 Å². The Kier molecular flexibility index (Phi) is 5.78. The molecule has 16 heavy (non-hydrogen) atoms. The van der Waals surface area contributed by atoms with Crippen LogP contribution in [0.4, 0.5) is 4.39 Å². The van der Waals surface area contributed by atoms with E-state index in [1.165, 1.54) is 6.07 Å². The van der Waals surface area contributed by atoms with Crippen molar-refractivity contribution in [2.24, 2.45) is 0 Å². The van der Waals surface area contributed by atoms with Crippen LogP contribution in [-0.2, 0) is 6.42 Å². The lowest BCUT2D eigenvalue weighted by atomic mass is 10.0. The monoisotopic (exact) mass is 244 g/mol. The van der Waals surface area contributed by atoms with E-state index in [0.29, 0.717) is 0 Å². The highest BCUT2D eigenvalue weighted by Gasteiger charge is 2.07. The molecule has 0 fully saturated rings. The van der Waals surface area contributed by atoms with Crippen LogP contribution in [0.2, 0.25) is 5.02 Å². The molecule has 0 aliphatic carbocycles. The quantitative estimate of drug-likeness (QED) is 0.803. The largest absolute Gasteiger partial charge is 0.393 e. The molecule has 0 heterocycles. The second kappa shape index (κ2) is 6.87. The third-order valence-corrected chi connectivity index (χ3v) is 3.06. The zero-order chi connectivity index (χ0) is 12.0. The summed E-state index contributed by atoms with van der Waals surface area (Å²) >= 11 is 5.83. The van der Waals surface area contributed by atoms with E-state index in [9.17, 15) is 9.50 Å². The van der Waals surface area contributed by atoms with Crippen LogP contribution in [0.1, 0.15) is 38.2 Å². The molecule has 0 saturated carbocycles. The zero-order valence-corrected chi connectivity index (χ0v) is 10.3. The molecule has 1 nitrogen and oxygen atoms in total. The average molecular weight is 245 g/mol. The van der Waals surface area contributed by atoms with Crippen LogP contribution in [0, 0.1) is 5.82 Å². The van der Waals surface area contributed by atoms with Gasteiger partial charge in [-0.1, -0.05) is 37.1 Å². The van der Waals surface area contributed by atoms with E-state index >= 15 is 0 Å². The molecule has 0 bridgehead atoms. The maximum Gasteiger partial charge on any atom is 0.142 e. The van der Waals surface area contributed by atoms with E-state index in [2.05, 4.69) is 0 Å². The third kappa shape index (κ3) is 4.11. The molecule has 0 radical (unpaired) electrons. The summed E-state index contributed by atoms with van der Waals surface area (Å²) in [6.45, 7) is 2.05. The summed E-state index contributed by atoms with van der Waals surface area (Å²) < 4.78 is 13.1. The highest BCUT2D eigenvalue weighted by Crippen LogP contribution is 2.21. The minimum atomic E-state index is -0.367. The fourth-order valence-electron chi connectivity index (χ4n) is 1.75. The predicted molar refractivity (Wildman–Crippen MR) is 65.3 cm³/mol. The molecule has 90 valence electrons. The number of benzene rings is 1. The summed E-state index contributed by atoms with van der Waals surface area (Å²) in [6, 6.07) is 4.86. The van der Waals surface area contributed by atoms with Crippen LogP contribution < -0.4 is 0 Å². The lowest BCUT2D eigenvalue weighted by Crippen LogP contribution is -2.06. The van der Waals surface area contributed by atoms with E-state index in [1.807, 2.05) is 13.0 Å². The first-order chi connectivity index (χ1) is 7.65. The van der Waals surface area contributed by atoms with Crippen molar-refractivity contribution in [3.8, 4) is 0 Å². The van der Waals surface area contributed by atoms with Crippen molar-refractivity contribution in [1.29, 1.82) is 0 Å². The minimum Gasteiger partial charge on any atom is -0.393 e. The number of aliphatic hydroxyl groups excluding tert-OH is 1. The van der Waals surface area contributed by atoms with Gasteiger partial charge in [0.1, 0.15) is 5.82 Å². The van der Waals surface area contributed by atoms with Gasteiger partial charge in [0, 0.05) is 0 Å². The Bertz CT molecular complexity index is 328. The summed E-state index contributed by atoms with van der Waals surface area (Å²) in [6.07, 6.45) is 3.89. The molecule has 0 saturated heterocycles. The molecular formula is C13H18ClFO. The summed E-state index contributed by atoms with van der Waals surface area (Å²) in [4.78, 5) is 0. The van der Waals surface area contributed by atoms with Gasteiger partial charge in [0.25, 0.3) is 0 Å². The van der Waals surface area contributed by atoms with Gasteiger partial charge in [-0.3, -0.25) is 0 Å². The molecule has 0 aromatic heterocycles. The Morgan fingerprint density at radius 1 is 1.38 bits per heavy atom. The molecule has 1 rings (SSSR count). The van der Waals surface area contributed by atoms with Gasteiger partial charge in [0.15, 0.2) is 0 Å². The molecule has 0 aliphatic rings. The molecular weight excluding hydrogens is 227 g/mol. The summed E-state index contributed by atoms with van der Waals surface area (Å²) in [5.74, 6) is -0.367. The standard InChI is InChI=1S/C13H18ClFO/c1-2-5-11(16)8-3-6-10-7-4-9-12(15)13(10)14/h4,7,9,11,16H,2-3,5-6,8H2,1H3. The Morgan fingerprint density at radius 2 is 2.12 bits per heavy atom. The number of rotatable bonds is 6. The highest BCUT2D eigenvalue weighted by molar-refractivity contribution is 6.31. The van der Waals surface area contributed by atoms with E-state index in [-0.39, 0.29) is 16.9 Å². The van der Waals surface area contributed by atoms with Crippen molar-refractivity contribution < 1.29 is 9.50 Å². The lowest BCUT2D eigenvalue weighted by molar-refractivity contribution is 0.151. The molecule has 0 amide bonds. The maximum absolute atomic E-state index is 13.1. The van der Waals surface area contributed by atoms with Crippen LogP contribution in [0.3, 0.4) is 0 Å². The number of halogens is 2. The van der Waals surface area contributed by atoms with Crippen LogP contribution in [0.25, 0.3) is 0 Å². The molecule has 0 spiro atoms. The number of hydrogen-bond donors (Lipinski definition) is 1. The maximum atomic E-state index is 13.1. The lowest BCUT2D eigenvalue weighted by Gasteiger charge is -2.09. The van der Waals surface area contributed by atoms with Crippen molar-refractivity contribution in [3.63, 3.8) is 0 Å². The molecule has 1 N–H and O–H groups in total. The predicted octanol–water partition coefficient (Wildman–Crippen LogP) is 3.96. The number of aryl methyl sites for hydroxylation is 1. The second-order valence-corrected chi connectivity index (χ2v) is 4.43. The SMILES string of the molecule is CCCC(O)CCCc1cccc(F)c1Cl. The van der Waals surface area contributed by atoms with Gasteiger partial charge in [0.05, 0.1) is 11.1 Å².